The summed E-state index contributed by atoms with van der Waals surface area (Å²) < 4.78 is 34.1. The van der Waals surface area contributed by atoms with Crippen LogP contribution in [-0.4, -0.2) is 45.6 Å². The number of nitrogens with zero attached hydrogens (tertiary/aromatic N) is 4. The molecular formula is C17H18N4O5S. The van der Waals surface area contributed by atoms with Crippen molar-refractivity contribution in [3.05, 3.63) is 54.2 Å². The Hall–Kier alpha value is -2.98. The van der Waals surface area contributed by atoms with Crippen molar-refractivity contribution in [1.29, 1.82) is 0 Å². The van der Waals surface area contributed by atoms with Crippen molar-refractivity contribution < 1.29 is 22.7 Å². The molecule has 3 aromatic rings. The zero-order valence-electron chi connectivity index (χ0n) is 14.5. The van der Waals surface area contributed by atoms with Crippen LogP contribution < -0.4 is 0 Å². The average molecular weight is 390 g/mol. The molecule has 0 saturated heterocycles. The maximum absolute atomic E-state index is 12.7. The lowest BCUT2D eigenvalue weighted by Gasteiger charge is -2.23. The van der Waals surface area contributed by atoms with Gasteiger partial charge in [0.05, 0.1) is 18.4 Å². The summed E-state index contributed by atoms with van der Waals surface area (Å²) >= 11 is 0. The van der Waals surface area contributed by atoms with Crippen LogP contribution in [0.1, 0.15) is 11.5 Å². The SMILES string of the molecule is Cn1cc(S(=O)(=O)N2CCc3oc(-c4ccccc4)nc3C2)cn1.O=CO. The Morgan fingerprint density at radius 3 is 2.59 bits per heavy atom. The van der Waals surface area contributed by atoms with E-state index in [-0.39, 0.29) is 17.9 Å². The Labute approximate surface area is 155 Å². The number of carboxylic acid groups (broad SMARTS) is 1. The van der Waals surface area contributed by atoms with E-state index in [1.165, 1.54) is 21.4 Å². The van der Waals surface area contributed by atoms with Gasteiger partial charge in [-0.05, 0) is 12.1 Å². The molecule has 10 heteroatoms. The van der Waals surface area contributed by atoms with Crippen LogP contribution in [0.25, 0.3) is 11.5 Å². The third-order valence-corrected chi connectivity index (χ3v) is 5.83. The minimum absolute atomic E-state index is 0.195. The number of hydrogen-bond donors (Lipinski definition) is 1. The van der Waals surface area contributed by atoms with Gasteiger partial charge in [0.25, 0.3) is 6.47 Å². The van der Waals surface area contributed by atoms with Crippen LogP contribution in [0.3, 0.4) is 0 Å². The van der Waals surface area contributed by atoms with E-state index in [1.54, 1.807) is 7.05 Å². The summed E-state index contributed by atoms with van der Waals surface area (Å²) in [6, 6.07) is 9.59. The number of fused-ring (bicyclic) bond motifs is 1. The lowest BCUT2D eigenvalue weighted by atomic mass is 10.2. The Kier molecular flexibility index (Phi) is 5.38. The molecule has 0 amide bonds. The first-order chi connectivity index (χ1) is 13.0. The number of carbonyl (C=O) groups is 1. The van der Waals surface area contributed by atoms with Crippen molar-refractivity contribution in [2.75, 3.05) is 6.54 Å². The van der Waals surface area contributed by atoms with Gasteiger partial charge >= 0.3 is 0 Å². The van der Waals surface area contributed by atoms with Crippen LogP contribution in [0.4, 0.5) is 0 Å². The maximum Gasteiger partial charge on any atom is 0.290 e. The summed E-state index contributed by atoms with van der Waals surface area (Å²) in [5.74, 6) is 1.28. The summed E-state index contributed by atoms with van der Waals surface area (Å²) in [7, 11) is -1.88. The van der Waals surface area contributed by atoms with Crippen LogP contribution in [-0.2, 0) is 34.8 Å². The Morgan fingerprint density at radius 2 is 1.96 bits per heavy atom. The largest absolute Gasteiger partial charge is 0.483 e. The van der Waals surface area contributed by atoms with Crippen LogP contribution in [0.15, 0.2) is 52.0 Å². The van der Waals surface area contributed by atoms with E-state index < -0.39 is 10.0 Å². The molecule has 0 saturated carbocycles. The normalized spacial score (nSPS) is 14.1. The summed E-state index contributed by atoms with van der Waals surface area (Å²) in [5, 5.41) is 10.8. The molecule has 0 aliphatic carbocycles. The van der Waals surface area contributed by atoms with E-state index in [4.69, 9.17) is 14.3 Å². The van der Waals surface area contributed by atoms with Crippen LogP contribution in [0.5, 0.6) is 0 Å². The van der Waals surface area contributed by atoms with Gasteiger partial charge in [0.15, 0.2) is 0 Å². The van der Waals surface area contributed by atoms with Gasteiger partial charge in [-0.1, -0.05) is 18.2 Å². The predicted molar refractivity (Wildman–Crippen MR) is 95.1 cm³/mol. The second-order valence-electron chi connectivity index (χ2n) is 5.80. The second-order valence-corrected chi connectivity index (χ2v) is 7.74. The van der Waals surface area contributed by atoms with Gasteiger partial charge in [0, 0.05) is 31.8 Å². The number of aryl methyl sites for hydroxylation is 1. The zero-order chi connectivity index (χ0) is 19.4. The van der Waals surface area contributed by atoms with Crippen molar-refractivity contribution in [2.45, 2.75) is 17.9 Å². The lowest BCUT2D eigenvalue weighted by Crippen LogP contribution is -2.35. The van der Waals surface area contributed by atoms with E-state index in [9.17, 15) is 8.42 Å². The number of benzene rings is 1. The van der Waals surface area contributed by atoms with Gasteiger partial charge in [-0.15, -0.1) is 0 Å². The lowest BCUT2D eigenvalue weighted by molar-refractivity contribution is -0.122. The van der Waals surface area contributed by atoms with Crippen LogP contribution in [0, 0.1) is 0 Å². The van der Waals surface area contributed by atoms with E-state index in [0.717, 1.165) is 11.3 Å². The highest BCUT2D eigenvalue weighted by atomic mass is 32.2. The number of rotatable bonds is 3. The maximum atomic E-state index is 12.7. The molecule has 0 spiro atoms. The van der Waals surface area contributed by atoms with Gasteiger partial charge in [-0.2, -0.15) is 9.40 Å². The first kappa shape index (κ1) is 18.8. The molecule has 1 N–H and O–H groups in total. The topological polar surface area (TPSA) is 119 Å². The molecule has 0 bridgehead atoms. The minimum atomic E-state index is -3.57. The van der Waals surface area contributed by atoms with Crippen LogP contribution >= 0.6 is 0 Å². The average Bonchev–Trinajstić information content (AvgIpc) is 3.29. The fourth-order valence-corrected chi connectivity index (χ4v) is 4.15. The first-order valence-corrected chi connectivity index (χ1v) is 9.50. The molecule has 2 aromatic heterocycles. The second kappa shape index (κ2) is 7.72. The summed E-state index contributed by atoms with van der Waals surface area (Å²) in [5.41, 5.74) is 1.56. The monoisotopic (exact) mass is 390 g/mol. The Balaban J connectivity index is 0.000000659. The fraction of sp³-hybridized carbons (Fsp3) is 0.235. The molecule has 1 aliphatic heterocycles. The van der Waals surface area contributed by atoms with Crippen LogP contribution in [0.2, 0.25) is 0 Å². The zero-order valence-corrected chi connectivity index (χ0v) is 15.3. The summed E-state index contributed by atoms with van der Waals surface area (Å²) in [6.45, 7) is 0.330. The van der Waals surface area contributed by atoms with Crippen molar-refractivity contribution in [1.82, 2.24) is 19.1 Å². The van der Waals surface area contributed by atoms with Gasteiger partial charge < -0.3 is 9.52 Å². The van der Waals surface area contributed by atoms with E-state index in [0.29, 0.717) is 24.6 Å². The number of aromatic nitrogens is 3. The Bertz CT molecular complexity index is 1030. The Morgan fingerprint density at radius 1 is 1.26 bits per heavy atom. The molecule has 27 heavy (non-hydrogen) atoms. The summed E-state index contributed by atoms with van der Waals surface area (Å²) in [4.78, 5) is 13.0. The van der Waals surface area contributed by atoms with E-state index >= 15 is 0 Å². The van der Waals surface area contributed by atoms with Crippen molar-refractivity contribution in [3.8, 4) is 11.5 Å². The van der Waals surface area contributed by atoms with Gasteiger partial charge in [0.1, 0.15) is 10.7 Å². The molecule has 9 nitrogen and oxygen atoms in total. The highest BCUT2D eigenvalue weighted by molar-refractivity contribution is 7.89. The molecule has 0 unspecified atom stereocenters. The van der Waals surface area contributed by atoms with Gasteiger partial charge in [-0.3, -0.25) is 9.48 Å². The highest BCUT2D eigenvalue weighted by Crippen LogP contribution is 2.28. The standard InChI is InChI=1S/C16H16N4O3S.CH2O2/c1-19-10-13(9-17-19)24(21,22)20-8-7-15-14(11-20)18-16(23-15)12-5-3-2-4-6-12;2-1-3/h2-6,9-10H,7-8,11H2,1H3;1H,(H,2,3). The van der Waals surface area contributed by atoms with Gasteiger partial charge in [-0.25, -0.2) is 13.4 Å². The molecule has 4 rings (SSSR count). The molecule has 1 aromatic carbocycles. The van der Waals surface area contributed by atoms with Crippen molar-refractivity contribution in [3.63, 3.8) is 0 Å². The molecule has 3 heterocycles. The van der Waals surface area contributed by atoms with Crippen molar-refractivity contribution >= 4 is 16.5 Å². The molecular weight excluding hydrogens is 372 g/mol. The third kappa shape index (κ3) is 3.91. The highest BCUT2D eigenvalue weighted by Gasteiger charge is 2.32. The smallest absolute Gasteiger partial charge is 0.290 e. The van der Waals surface area contributed by atoms with Crippen molar-refractivity contribution in [2.24, 2.45) is 7.05 Å². The third-order valence-electron chi connectivity index (χ3n) is 4.03. The minimum Gasteiger partial charge on any atom is -0.483 e. The van der Waals surface area contributed by atoms with Gasteiger partial charge in [0.2, 0.25) is 15.9 Å². The molecule has 1 aliphatic rings. The first-order valence-electron chi connectivity index (χ1n) is 8.06. The molecule has 142 valence electrons. The molecule has 0 atom stereocenters. The molecule has 0 fully saturated rings. The van der Waals surface area contributed by atoms with E-state index in [1.807, 2.05) is 30.3 Å². The van der Waals surface area contributed by atoms with E-state index in [2.05, 4.69) is 10.1 Å². The number of oxazole rings is 1. The predicted octanol–water partition coefficient (Wildman–Crippen LogP) is 1.52. The fourth-order valence-electron chi connectivity index (χ4n) is 2.76. The quantitative estimate of drug-likeness (QED) is 0.674. The number of sulfonamides is 1. The number of hydrogen-bond acceptors (Lipinski definition) is 6. The molecule has 0 radical (unpaired) electrons. The summed E-state index contributed by atoms with van der Waals surface area (Å²) in [6.07, 6.45) is 3.38.